The Kier molecular flexibility index (Phi) is 3.08. The monoisotopic (exact) mass is 274 g/mol. The summed E-state index contributed by atoms with van der Waals surface area (Å²) < 4.78 is 7.24. The molecule has 1 aromatic carbocycles. The lowest BCUT2D eigenvalue weighted by atomic mass is 10.3. The third kappa shape index (κ3) is 2.26. The zero-order chi connectivity index (χ0) is 13.2. The summed E-state index contributed by atoms with van der Waals surface area (Å²) in [5.41, 5.74) is 7.86. The summed E-state index contributed by atoms with van der Waals surface area (Å²) in [5.74, 6) is 1.34. The summed E-state index contributed by atoms with van der Waals surface area (Å²) in [6.07, 6.45) is 2.67. The van der Waals surface area contributed by atoms with E-state index in [0.717, 1.165) is 34.8 Å². The van der Waals surface area contributed by atoms with Crippen molar-refractivity contribution in [3.05, 3.63) is 34.8 Å². The molecular weight excluding hydrogens is 260 g/mol. The number of aryl methyl sites for hydroxylation is 2. The quantitative estimate of drug-likeness (QED) is 0.793. The van der Waals surface area contributed by atoms with Gasteiger partial charge in [-0.05, 0) is 12.1 Å². The average Bonchev–Trinajstić information content (AvgIpc) is 3.03. The maximum atomic E-state index is 5.98. The summed E-state index contributed by atoms with van der Waals surface area (Å²) in [6, 6.07) is 5.77. The number of fused-ring (bicyclic) bond motifs is 1. The van der Waals surface area contributed by atoms with Crippen LogP contribution in [0.3, 0.4) is 0 Å². The van der Waals surface area contributed by atoms with Crippen LogP contribution >= 0.6 is 11.3 Å². The summed E-state index contributed by atoms with van der Waals surface area (Å²) >= 11 is 1.65. The Labute approximate surface area is 114 Å². The molecule has 0 saturated carbocycles. The normalized spacial score (nSPS) is 11.0. The Morgan fingerprint density at radius 3 is 3.05 bits per heavy atom. The van der Waals surface area contributed by atoms with Gasteiger partial charge < -0.3 is 15.0 Å². The van der Waals surface area contributed by atoms with Gasteiger partial charge in [-0.1, -0.05) is 0 Å². The van der Waals surface area contributed by atoms with Gasteiger partial charge >= 0.3 is 0 Å². The first-order valence-corrected chi connectivity index (χ1v) is 6.84. The van der Waals surface area contributed by atoms with Gasteiger partial charge in [0.05, 0.1) is 23.2 Å². The van der Waals surface area contributed by atoms with E-state index in [-0.39, 0.29) is 0 Å². The van der Waals surface area contributed by atoms with E-state index in [1.165, 1.54) is 0 Å². The number of nitrogens with two attached hydrogens (primary N) is 1. The molecule has 2 heterocycles. The molecule has 0 unspecified atom stereocenters. The first-order chi connectivity index (χ1) is 9.28. The number of methoxy groups -OCH3 is 1. The lowest BCUT2D eigenvalue weighted by Gasteiger charge is -2.06. The number of aromatic nitrogens is 3. The van der Waals surface area contributed by atoms with Crippen LogP contribution in [-0.4, -0.2) is 21.6 Å². The Morgan fingerprint density at radius 1 is 1.42 bits per heavy atom. The van der Waals surface area contributed by atoms with Gasteiger partial charge in [-0.3, -0.25) is 0 Å². The number of nitrogen functional groups attached to an aromatic ring is 1. The second-order valence-electron chi connectivity index (χ2n) is 4.15. The highest BCUT2D eigenvalue weighted by Crippen LogP contribution is 2.23. The van der Waals surface area contributed by atoms with Crippen LogP contribution in [0.15, 0.2) is 29.8 Å². The average molecular weight is 274 g/mol. The van der Waals surface area contributed by atoms with Crippen molar-refractivity contribution in [1.82, 2.24) is 14.5 Å². The van der Waals surface area contributed by atoms with E-state index in [4.69, 9.17) is 10.5 Å². The van der Waals surface area contributed by atoms with Crippen LogP contribution in [0.4, 0.5) is 5.95 Å². The minimum Gasteiger partial charge on any atom is -0.497 e. The molecule has 0 atom stereocenters. The molecule has 0 aliphatic rings. The number of hydrogen-bond acceptors (Lipinski definition) is 5. The molecule has 0 amide bonds. The van der Waals surface area contributed by atoms with Crippen molar-refractivity contribution >= 4 is 28.3 Å². The standard InChI is InChI=1S/C13H14N4OS/c1-18-9-2-3-10-11(8-9)17(13(14)16-10)6-4-12-15-5-7-19-12/h2-3,5,7-8H,4,6H2,1H3,(H2,14,16). The van der Waals surface area contributed by atoms with Gasteiger partial charge in [-0.25, -0.2) is 9.97 Å². The zero-order valence-corrected chi connectivity index (χ0v) is 11.4. The fourth-order valence-corrected chi connectivity index (χ4v) is 2.68. The lowest BCUT2D eigenvalue weighted by Crippen LogP contribution is -2.05. The topological polar surface area (TPSA) is 66.0 Å². The van der Waals surface area contributed by atoms with Crippen LogP contribution < -0.4 is 10.5 Å². The molecule has 0 aliphatic heterocycles. The van der Waals surface area contributed by atoms with Crippen molar-refractivity contribution in [3.63, 3.8) is 0 Å². The number of anilines is 1. The van der Waals surface area contributed by atoms with Gasteiger partial charge in [0, 0.05) is 30.6 Å². The van der Waals surface area contributed by atoms with Crippen molar-refractivity contribution < 1.29 is 4.74 Å². The minimum atomic E-state index is 0.528. The predicted molar refractivity (Wildman–Crippen MR) is 76.5 cm³/mol. The molecule has 3 rings (SSSR count). The Balaban J connectivity index is 1.94. The van der Waals surface area contributed by atoms with Crippen LogP contribution in [-0.2, 0) is 13.0 Å². The van der Waals surface area contributed by atoms with E-state index >= 15 is 0 Å². The number of nitrogens with zero attached hydrogens (tertiary/aromatic N) is 3. The SMILES string of the molecule is COc1ccc2nc(N)n(CCc3nccs3)c2c1. The van der Waals surface area contributed by atoms with Crippen LogP contribution in [0.25, 0.3) is 11.0 Å². The Bertz CT molecular complexity index is 690. The van der Waals surface area contributed by atoms with Crippen LogP contribution in [0.5, 0.6) is 5.75 Å². The summed E-state index contributed by atoms with van der Waals surface area (Å²) in [7, 11) is 1.65. The number of hydrogen-bond donors (Lipinski definition) is 1. The van der Waals surface area contributed by atoms with Crippen molar-refractivity contribution in [2.24, 2.45) is 0 Å². The van der Waals surface area contributed by atoms with Gasteiger partial charge in [0.1, 0.15) is 5.75 Å². The highest BCUT2D eigenvalue weighted by Gasteiger charge is 2.09. The zero-order valence-electron chi connectivity index (χ0n) is 10.5. The molecule has 3 aromatic rings. The number of benzene rings is 1. The van der Waals surface area contributed by atoms with Gasteiger partial charge in [-0.15, -0.1) is 11.3 Å². The molecule has 0 spiro atoms. The van der Waals surface area contributed by atoms with Crippen LogP contribution in [0, 0.1) is 0 Å². The Morgan fingerprint density at radius 2 is 2.32 bits per heavy atom. The number of imidazole rings is 1. The van der Waals surface area contributed by atoms with Crippen molar-refractivity contribution in [1.29, 1.82) is 0 Å². The molecule has 2 N–H and O–H groups in total. The molecule has 0 fully saturated rings. The van der Waals surface area contributed by atoms with Crippen LogP contribution in [0.1, 0.15) is 5.01 Å². The van der Waals surface area contributed by atoms with E-state index in [0.29, 0.717) is 5.95 Å². The first kappa shape index (κ1) is 12.0. The van der Waals surface area contributed by atoms with E-state index < -0.39 is 0 Å². The van der Waals surface area contributed by atoms with E-state index in [1.54, 1.807) is 18.4 Å². The highest BCUT2D eigenvalue weighted by atomic mass is 32.1. The van der Waals surface area contributed by atoms with Gasteiger partial charge in [-0.2, -0.15) is 0 Å². The molecular formula is C13H14N4OS. The summed E-state index contributed by atoms with van der Waals surface area (Å²) in [4.78, 5) is 8.64. The highest BCUT2D eigenvalue weighted by molar-refractivity contribution is 7.09. The van der Waals surface area contributed by atoms with Gasteiger partial charge in [0.15, 0.2) is 0 Å². The second-order valence-corrected chi connectivity index (χ2v) is 5.13. The maximum Gasteiger partial charge on any atom is 0.201 e. The molecule has 0 aliphatic carbocycles. The molecule has 0 saturated heterocycles. The molecule has 0 bridgehead atoms. The fraction of sp³-hybridized carbons (Fsp3) is 0.231. The van der Waals surface area contributed by atoms with Gasteiger partial charge in [0.2, 0.25) is 5.95 Å². The van der Waals surface area contributed by atoms with Crippen molar-refractivity contribution in [2.45, 2.75) is 13.0 Å². The molecule has 19 heavy (non-hydrogen) atoms. The summed E-state index contributed by atoms with van der Waals surface area (Å²) in [6.45, 7) is 0.767. The molecule has 98 valence electrons. The molecule has 0 radical (unpaired) electrons. The lowest BCUT2D eigenvalue weighted by molar-refractivity contribution is 0.415. The third-order valence-corrected chi connectivity index (χ3v) is 3.86. The summed E-state index contributed by atoms with van der Waals surface area (Å²) in [5, 5.41) is 3.08. The number of rotatable bonds is 4. The van der Waals surface area contributed by atoms with E-state index in [9.17, 15) is 0 Å². The van der Waals surface area contributed by atoms with Gasteiger partial charge in [0.25, 0.3) is 0 Å². The molecule has 6 heteroatoms. The largest absolute Gasteiger partial charge is 0.497 e. The molecule has 2 aromatic heterocycles. The number of thiazole rings is 1. The smallest absolute Gasteiger partial charge is 0.201 e. The molecule has 5 nitrogen and oxygen atoms in total. The van der Waals surface area contributed by atoms with Crippen LogP contribution in [0.2, 0.25) is 0 Å². The van der Waals surface area contributed by atoms with E-state index in [2.05, 4.69) is 9.97 Å². The second kappa shape index (κ2) is 4.89. The van der Waals surface area contributed by atoms with E-state index in [1.807, 2.05) is 34.3 Å². The van der Waals surface area contributed by atoms with Crippen molar-refractivity contribution in [3.8, 4) is 5.75 Å². The first-order valence-electron chi connectivity index (χ1n) is 5.96. The Hall–Kier alpha value is -2.08. The minimum absolute atomic E-state index is 0.528. The fourth-order valence-electron chi connectivity index (χ4n) is 2.07. The maximum absolute atomic E-state index is 5.98. The third-order valence-electron chi connectivity index (χ3n) is 3.02. The predicted octanol–water partition coefficient (Wildman–Crippen LogP) is 2.33. The van der Waals surface area contributed by atoms with Crippen molar-refractivity contribution in [2.75, 3.05) is 12.8 Å². The number of ether oxygens (including phenoxy) is 1.